The van der Waals surface area contributed by atoms with Crippen molar-refractivity contribution in [2.45, 2.75) is 71.4 Å². The van der Waals surface area contributed by atoms with Crippen LogP contribution in [0.1, 0.15) is 58.6 Å². The fourth-order valence-corrected chi connectivity index (χ4v) is 2.31. The smallest absolute Gasteiger partial charge is 0.103 e. The van der Waals surface area contributed by atoms with Gasteiger partial charge < -0.3 is 9.73 Å². The second-order valence-electron chi connectivity index (χ2n) is 4.96. The van der Waals surface area contributed by atoms with Gasteiger partial charge in [-0.2, -0.15) is 0 Å². The highest BCUT2D eigenvalue weighted by atomic mass is 16.3. The van der Waals surface area contributed by atoms with E-state index in [4.69, 9.17) is 4.42 Å². The molecule has 0 aliphatic rings. The molecule has 0 saturated heterocycles. The largest absolute Gasteiger partial charge is 0.469 e. The summed E-state index contributed by atoms with van der Waals surface area (Å²) in [5.41, 5.74) is 0. The van der Waals surface area contributed by atoms with Crippen LogP contribution in [0.15, 0.2) is 22.8 Å². The molecule has 0 aliphatic heterocycles. The maximum atomic E-state index is 5.36. The molecule has 1 aromatic rings. The van der Waals surface area contributed by atoms with Crippen molar-refractivity contribution >= 4 is 0 Å². The average molecular weight is 237 g/mol. The van der Waals surface area contributed by atoms with Crippen molar-refractivity contribution in [2.24, 2.45) is 0 Å². The number of hydrogen-bond donors (Lipinski definition) is 1. The summed E-state index contributed by atoms with van der Waals surface area (Å²) in [6.45, 7) is 6.80. The molecule has 1 rings (SSSR count). The van der Waals surface area contributed by atoms with E-state index in [-0.39, 0.29) is 0 Å². The van der Waals surface area contributed by atoms with Gasteiger partial charge in [0.25, 0.3) is 0 Å². The van der Waals surface area contributed by atoms with Gasteiger partial charge in [0.05, 0.1) is 6.26 Å². The summed E-state index contributed by atoms with van der Waals surface area (Å²) >= 11 is 0. The number of aryl methyl sites for hydroxylation is 1. The average Bonchev–Trinajstić information content (AvgIpc) is 2.80. The second-order valence-corrected chi connectivity index (χ2v) is 4.96. The van der Waals surface area contributed by atoms with Crippen molar-refractivity contribution in [1.82, 2.24) is 5.32 Å². The van der Waals surface area contributed by atoms with Crippen LogP contribution in [0.4, 0.5) is 0 Å². The molecular weight excluding hydrogens is 210 g/mol. The molecule has 1 aromatic heterocycles. The lowest BCUT2D eigenvalue weighted by molar-refractivity contribution is 0.376. The number of furan rings is 1. The van der Waals surface area contributed by atoms with Gasteiger partial charge >= 0.3 is 0 Å². The van der Waals surface area contributed by atoms with Crippen molar-refractivity contribution in [1.29, 1.82) is 0 Å². The molecule has 98 valence electrons. The van der Waals surface area contributed by atoms with Crippen LogP contribution in [0.25, 0.3) is 0 Å². The van der Waals surface area contributed by atoms with Crippen LogP contribution in [0.2, 0.25) is 0 Å². The van der Waals surface area contributed by atoms with E-state index in [0.29, 0.717) is 12.1 Å². The Kier molecular flexibility index (Phi) is 7.02. The summed E-state index contributed by atoms with van der Waals surface area (Å²) in [6.07, 6.45) is 9.05. The predicted octanol–water partition coefficient (Wildman–Crippen LogP) is 4.16. The summed E-state index contributed by atoms with van der Waals surface area (Å²) < 4.78 is 5.36. The van der Waals surface area contributed by atoms with Gasteiger partial charge in [-0.25, -0.2) is 0 Å². The van der Waals surface area contributed by atoms with Crippen LogP contribution >= 0.6 is 0 Å². The molecule has 1 heterocycles. The molecule has 0 radical (unpaired) electrons. The Bertz CT molecular complexity index is 262. The Morgan fingerprint density at radius 1 is 1.18 bits per heavy atom. The Morgan fingerprint density at radius 3 is 2.41 bits per heavy atom. The van der Waals surface area contributed by atoms with E-state index in [0.717, 1.165) is 18.6 Å². The first kappa shape index (κ1) is 14.3. The minimum Gasteiger partial charge on any atom is -0.469 e. The van der Waals surface area contributed by atoms with Crippen LogP contribution in [-0.4, -0.2) is 12.1 Å². The molecule has 0 aliphatic carbocycles. The number of nitrogens with one attached hydrogen (secondary N) is 1. The molecule has 2 nitrogen and oxygen atoms in total. The topological polar surface area (TPSA) is 25.2 Å². The monoisotopic (exact) mass is 237 g/mol. The standard InChI is InChI=1S/C15H27NO/c1-4-7-14(8-5-2)16-13(3)10-11-15-9-6-12-17-15/h6,9,12-14,16H,4-5,7-8,10-11H2,1-3H3. The van der Waals surface area contributed by atoms with Crippen molar-refractivity contribution < 1.29 is 4.42 Å². The number of hydrogen-bond acceptors (Lipinski definition) is 2. The first-order valence-corrected chi connectivity index (χ1v) is 7.04. The van der Waals surface area contributed by atoms with Crippen LogP contribution in [0.5, 0.6) is 0 Å². The summed E-state index contributed by atoms with van der Waals surface area (Å²) in [5, 5.41) is 3.74. The highest BCUT2D eigenvalue weighted by Crippen LogP contribution is 2.09. The van der Waals surface area contributed by atoms with Crippen molar-refractivity contribution in [3.63, 3.8) is 0 Å². The third kappa shape index (κ3) is 5.92. The van der Waals surface area contributed by atoms with Crippen molar-refractivity contribution in [3.05, 3.63) is 24.2 Å². The molecular formula is C15H27NO. The SMILES string of the molecule is CCCC(CCC)NC(C)CCc1ccco1. The van der Waals surface area contributed by atoms with E-state index < -0.39 is 0 Å². The maximum absolute atomic E-state index is 5.36. The molecule has 17 heavy (non-hydrogen) atoms. The van der Waals surface area contributed by atoms with Crippen LogP contribution in [0.3, 0.4) is 0 Å². The Morgan fingerprint density at radius 2 is 1.88 bits per heavy atom. The second kappa shape index (κ2) is 8.35. The Balaban J connectivity index is 2.23. The first-order chi connectivity index (χ1) is 8.26. The van der Waals surface area contributed by atoms with Gasteiger partial charge in [-0.1, -0.05) is 26.7 Å². The van der Waals surface area contributed by atoms with E-state index in [9.17, 15) is 0 Å². The molecule has 0 bridgehead atoms. The molecule has 0 fully saturated rings. The van der Waals surface area contributed by atoms with Crippen molar-refractivity contribution in [2.75, 3.05) is 0 Å². The molecule has 0 aromatic carbocycles. The molecule has 0 amide bonds. The van der Waals surface area contributed by atoms with E-state index in [2.05, 4.69) is 32.2 Å². The molecule has 1 unspecified atom stereocenters. The fourth-order valence-electron chi connectivity index (χ4n) is 2.31. The van der Waals surface area contributed by atoms with Crippen LogP contribution < -0.4 is 5.32 Å². The van der Waals surface area contributed by atoms with Crippen molar-refractivity contribution in [3.8, 4) is 0 Å². The zero-order valence-corrected chi connectivity index (χ0v) is 11.5. The number of rotatable bonds is 9. The predicted molar refractivity (Wildman–Crippen MR) is 73.2 cm³/mol. The van der Waals surface area contributed by atoms with Gasteiger partial charge in [0.15, 0.2) is 0 Å². The lowest BCUT2D eigenvalue weighted by Crippen LogP contribution is -2.36. The van der Waals surface area contributed by atoms with Crippen LogP contribution in [-0.2, 0) is 6.42 Å². The molecule has 2 heteroatoms. The van der Waals surface area contributed by atoms with Gasteiger partial charge in [0, 0.05) is 18.5 Å². The van der Waals surface area contributed by atoms with Gasteiger partial charge in [-0.05, 0) is 38.3 Å². The minimum absolute atomic E-state index is 0.572. The van der Waals surface area contributed by atoms with Gasteiger partial charge in [-0.15, -0.1) is 0 Å². The normalized spacial score (nSPS) is 13.2. The lowest BCUT2D eigenvalue weighted by atomic mass is 10.0. The van der Waals surface area contributed by atoms with E-state index in [1.54, 1.807) is 6.26 Å². The maximum Gasteiger partial charge on any atom is 0.103 e. The highest BCUT2D eigenvalue weighted by molar-refractivity contribution is 4.98. The Labute approximate surface area is 106 Å². The first-order valence-electron chi connectivity index (χ1n) is 7.04. The summed E-state index contributed by atoms with van der Waals surface area (Å²) in [5.74, 6) is 1.10. The van der Waals surface area contributed by atoms with E-state index >= 15 is 0 Å². The third-order valence-corrected chi connectivity index (χ3v) is 3.20. The zero-order chi connectivity index (χ0) is 12.5. The summed E-state index contributed by atoms with van der Waals surface area (Å²) in [7, 11) is 0. The van der Waals surface area contributed by atoms with Gasteiger partial charge in [-0.3, -0.25) is 0 Å². The quantitative estimate of drug-likeness (QED) is 0.697. The highest BCUT2D eigenvalue weighted by Gasteiger charge is 2.10. The van der Waals surface area contributed by atoms with E-state index in [1.807, 2.05) is 6.07 Å². The summed E-state index contributed by atoms with van der Waals surface area (Å²) in [6, 6.07) is 5.28. The lowest BCUT2D eigenvalue weighted by Gasteiger charge is -2.22. The van der Waals surface area contributed by atoms with E-state index in [1.165, 1.54) is 25.7 Å². The molecule has 0 spiro atoms. The van der Waals surface area contributed by atoms with Crippen LogP contribution in [0, 0.1) is 0 Å². The Hall–Kier alpha value is -0.760. The molecule has 0 saturated carbocycles. The zero-order valence-electron chi connectivity index (χ0n) is 11.5. The molecule has 1 atom stereocenters. The van der Waals surface area contributed by atoms with Gasteiger partial charge in [0.2, 0.25) is 0 Å². The minimum atomic E-state index is 0.572. The van der Waals surface area contributed by atoms with Gasteiger partial charge in [0.1, 0.15) is 5.76 Å². The summed E-state index contributed by atoms with van der Waals surface area (Å²) in [4.78, 5) is 0. The molecule has 1 N–H and O–H groups in total. The fraction of sp³-hybridized carbons (Fsp3) is 0.733. The third-order valence-electron chi connectivity index (χ3n) is 3.20.